The van der Waals surface area contributed by atoms with Gasteiger partial charge in [0.2, 0.25) is 4.77 Å². The Morgan fingerprint density at radius 1 is 1.32 bits per heavy atom. The molecule has 1 aliphatic heterocycles. The fraction of sp³-hybridized carbons (Fsp3) is 0.611. The molecule has 2 aromatic heterocycles. The van der Waals surface area contributed by atoms with Gasteiger partial charge in [0, 0.05) is 12.2 Å². The quantitative estimate of drug-likeness (QED) is 0.523. The topological polar surface area (TPSA) is 79.2 Å². The molecular formula is C18H29N6O2S2+. The van der Waals surface area contributed by atoms with E-state index >= 15 is 0 Å². The van der Waals surface area contributed by atoms with Crippen molar-refractivity contribution in [1.29, 1.82) is 0 Å². The van der Waals surface area contributed by atoms with Gasteiger partial charge in [0.15, 0.2) is 16.5 Å². The molecule has 0 bridgehead atoms. The number of rotatable bonds is 7. The molecule has 0 amide bonds. The lowest BCUT2D eigenvalue weighted by Crippen LogP contribution is -3.07. The Balaban J connectivity index is 1.76. The summed E-state index contributed by atoms with van der Waals surface area (Å²) in [4.78, 5) is 1.23. The molecule has 0 spiro atoms. The molecule has 0 aromatic carbocycles. The molecule has 1 unspecified atom stereocenters. The van der Waals surface area contributed by atoms with Crippen LogP contribution in [0.4, 0.5) is 0 Å². The van der Waals surface area contributed by atoms with Gasteiger partial charge in [-0.05, 0) is 39.4 Å². The first-order valence-corrected chi connectivity index (χ1v) is 11.7. The average molecular weight is 426 g/mol. The summed E-state index contributed by atoms with van der Waals surface area (Å²) in [5.41, 5.74) is 3.17. The number of sulfone groups is 1. The second-order valence-electron chi connectivity index (χ2n) is 7.67. The highest BCUT2D eigenvalue weighted by molar-refractivity contribution is 7.91. The molecule has 3 heterocycles. The van der Waals surface area contributed by atoms with Gasteiger partial charge in [0.05, 0.1) is 35.9 Å². The van der Waals surface area contributed by atoms with E-state index in [9.17, 15) is 8.42 Å². The Bertz CT molecular complexity index is 1050. The van der Waals surface area contributed by atoms with Gasteiger partial charge in [-0.1, -0.05) is 6.08 Å². The van der Waals surface area contributed by atoms with Gasteiger partial charge >= 0.3 is 0 Å². The van der Waals surface area contributed by atoms with Gasteiger partial charge in [-0.3, -0.25) is 4.68 Å². The number of allylic oxidation sites excluding steroid dienone is 1. The first kappa shape index (κ1) is 20.9. The third-order valence-electron chi connectivity index (χ3n) is 5.35. The normalized spacial score (nSPS) is 19.8. The zero-order valence-electron chi connectivity index (χ0n) is 17.0. The molecule has 154 valence electrons. The van der Waals surface area contributed by atoms with Crippen molar-refractivity contribution in [3.63, 3.8) is 0 Å². The van der Waals surface area contributed by atoms with Gasteiger partial charge in [-0.25, -0.2) is 8.42 Å². The van der Waals surface area contributed by atoms with E-state index in [4.69, 9.17) is 12.2 Å². The molecule has 0 radical (unpaired) electrons. The molecule has 0 aliphatic carbocycles. The Morgan fingerprint density at radius 3 is 2.64 bits per heavy atom. The summed E-state index contributed by atoms with van der Waals surface area (Å²) in [6.07, 6.45) is 2.46. The van der Waals surface area contributed by atoms with Crippen molar-refractivity contribution in [3.8, 4) is 0 Å². The third-order valence-corrected chi connectivity index (χ3v) is 7.53. The van der Waals surface area contributed by atoms with Crippen molar-refractivity contribution in [3.05, 3.63) is 40.2 Å². The van der Waals surface area contributed by atoms with Crippen LogP contribution in [0.1, 0.15) is 35.2 Å². The van der Waals surface area contributed by atoms with Crippen LogP contribution in [0.3, 0.4) is 0 Å². The molecule has 1 saturated heterocycles. The Kier molecular flexibility index (Phi) is 5.92. The van der Waals surface area contributed by atoms with Crippen molar-refractivity contribution < 1.29 is 13.3 Å². The highest BCUT2D eigenvalue weighted by Crippen LogP contribution is 2.26. The summed E-state index contributed by atoms with van der Waals surface area (Å²) in [5, 5.41) is 9.22. The van der Waals surface area contributed by atoms with E-state index < -0.39 is 9.84 Å². The van der Waals surface area contributed by atoms with Crippen LogP contribution in [0, 0.1) is 25.5 Å². The zero-order valence-corrected chi connectivity index (χ0v) is 18.6. The first-order valence-electron chi connectivity index (χ1n) is 9.44. The standard InChI is InChI=1S/C18H28N6O2S2/c1-6-8-22-15(4)20-23(18(22)27)12-21(5)10-17-13(2)19-24(14(17)3)16-7-9-28(25,26)11-16/h6,16H,1,7-12H2,2-5H3/p+1/t16-/m0/s1. The van der Waals surface area contributed by atoms with Crippen LogP contribution >= 0.6 is 12.2 Å². The molecular weight excluding hydrogens is 396 g/mol. The maximum atomic E-state index is 11.8. The van der Waals surface area contributed by atoms with Crippen LogP contribution in [-0.4, -0.2) is 51.1 Å². The predicted octanol–water partition coefficient (Wildman–Crippen LogP) is 0.754. The van der Waals surface area contributed by atoms with E-state index in [0.717, 1.165) is 29.3 Å². The number of aryl methyl sites for hydroxylation is 2. The lowest BCUT2D eigenvalue weighted by Gasteiger charge is -2.15. The number of nitrogens with one attached hydrogen (secondary N) is 1. The van der Waals surface area contributed by atoms with Gasteiger partial charge in [0.1, 0.15) is 12.4 Å². The van der Waals surface area contributed by atoms with E-state index in [2.05, 4.69) is 23.8 Å². The smallest absolute Gasteiger partial charge is 0.203 e. The Morgan fingerprint density at radius 2 is 2.04 bits per heavy atom. The molecule has 28 heavy (non-hydrogen) atoms. The minimum absolute atomic E-state index is 0.0522. The number of aromatic nitrogens is 5. The fourth-order valence-corrected chi connectivity index (χ4v) is 5.89. The van der Waals surface area contributed by atoms with E-state index in [-0.39, 0.29) is 17.5 Å². The molecule has 2 atom stereocenters. The lowest BCUT2D eigenvalue weighted by molar-refractivity contribution is -0.917. The first-order chi connectivity index (χ1) is 13.1. The number of quaternary nitrogens is 1. The second-order valence-corrected chi connectivity index (χ2v) is 10.3. The molecule has 1 N–H and O–H groups in total. The van der Waals surface area contributed by atoms with Crippen LogP contribution in [-0.2, 0) is 29.6 Å². The van der Waals surface area contributed by atoms with Crippen LogP contribution in [0.15, 0.2) is 12.7 Å². The van der Waals surface area contributed by atoms with Crippen molar-refractivity contribution in [2.24, 2.45) is 0 Å². The maximum absolute atomic E-state index is 11.8. The van der Waals surface area contributed by atoms with E-state index in [0.29, 0.717) is 24.4 Å². The van der Waals surface area contributed by atoms with Gasteiger partial charge < -0.3 is 9.47 Å². The summed E-state index contributed by atoms with van der Waals surface area (Å²) in [7, 11) is -0.841. The van der Waals surface area contributed by atoms with Gasteiger partial charge in [0.25, 0.3) is 0 Å². The lowest BCUT2D eigenvalue weighted by atomic mass is 10.2. The third kappa shape index (κ3) is 4.13. The number of hydrogen-bond donors (Lipinski definition) is 1. The van der Waals surface area contributed by atoms with E-state index in [1.54, 1.807) is 0 Å². The molecule has 1 aliphatic rings. The molecule has 3 rings (SSSR count). The maximum Gasteiger partial charge on any atom is 0.203 e. The summed E-state index contributed by atoms with van der Waals surface area (Å²) in [5.74, 6) is 1.31. The second kappa shape index (κ2) is 7.92. The Labute approximate surface area is 171 Å². The van der Waals surface area contributed by atoms with Crippen molar-refractivity contribution in [1.82, 2.24) is 24.1 Å². The SMILES string of the molecule is C=CCn1c(C)nn(C[NH+](C)Cc2c(C)nn([C@H]3CCS(=O)(=O)C3)c2C)c1=S. The van der Waals surface area contributed by atoms with Gasteiger partial charge in [-0.15, -0.1) is 6.58 Å². The van der Waals surface area contributed by atoms with Gasteiger partial charge in [-0.2, -0.15) is 14.9 Å². The molecule has 8 nitrogen and oxygen atoms in total. The number of hydrogen-bond acceptors (Lipinski definition) is 5. The average Bonchev–Trinajstić information content (AvgIpc) is 3.20. The largest absolute Gasteiger partial charge is 0.315 e. The summed E-state index contributed by atoms with van der Waals surface area (Å²) in [6.45, 7) is 11.8. The van der Waals surface area contributed by atoms with E-state index in [1.165, 1.54) is 4.90 Å². The minimum atomic E-state index is -2.94. The molecule has 0 saturated carbocycles. The van der Waals surface area contributed by atoms with Crippen molar-refractivity contribution in [2.75, 3.05) is 18.6 Å². The fourth-order valence-electron chi connectivity index (χ4n) is 3.88. The van der Waals surface area contributed by atoms with Crippen LogP contribution in [0.25, 0.3) is 0 Å². The highest BCUT2D eigenvalue weighted by Gasteiger charge is 2.31. The minimum Gasteiger partial charge on any atom is -0.315 e. The highest BCUT2D eigenvalue weighted by atomic mass is 32.2. The summed E-state index contributed by atoms with van der Waals surface area (Å²) in [6, 6.07) is -0.0522. The predicted molar refractivity (Wildman–Crippen MR) is 111 cm³/mol. The summed E-state index contributed by atoms with van der Waals surface area (Å²) >= 11 is 5.54. The molecule has 10 heteroatoms. The van der Waals surface area contributed by atoms with Crippen molar-refractivity contribution >= 4 is 22.1 Å². The van der Waals surface area contributed by atoms with Crippen LogP contribution in [0.5, 0.6) is 0 Å². The summed E-state index contributed by atoms with van der Waals surface area (Å²) < 4.78 is 30.1. The zero-order chi connectivity index (χ0) is 20.6. The van der Waals surface area contributed by atoms with Crippen LogP contribution < -0.4 is 4.90 Å². The molecule has 2 aromatic rings. The van der Waals surface area contributed by atoms with E-state index in [1.807, 2.05) is 40.8 Å². The van der Waals surface area contributed by atoms with Crippen molar-refractivity contribution in [2.45, 2.75) is 53.0 Å². The Hall–Kier alpha value is -1.78. The number of nitrogens with zero attached hydrogens (tertiary/aromatic N) is 5. The molecule has 1 fully saturated rings. The monoisotopic (exact) mass is 425 g/mol. The van der Waals surface area contributed by atoms with Crippen LogP contribution in [0.2, 0.25) is 0 Å².